The fourth-order valence-corrected chi connectivity index (χ4v) is 9.34. The van der Waals surface area contributed by atoms with Gasteiger partial charge in [-0.25, -0.2) is 9.97 Å². The zero-order chi connectivity index (χ0) is 45.4. The van der Waals surface area contributed by atoms with E-state index in [0.717, 1.165) is 73.6 Å². The minimum Gasteiger partial charge on any atom is -0.462 e. The second-order valence-corrected chi connectivity index (χ2v) is 19.9. The second-order valence-electron chi connectivity index (χ2n) is 17.9. The third-order valence-electron chi connectivity index (χ3n) is 12.2. The van der Waals surface area contributed by atoms with Crippen LogP contribution in [0.4, 0.5) is 5.82 Å². The molecule has 0 amide bonds. The summed E-state index contributed by atoms with van der Waals surface area (Å²) >= 11 is 0. The van der Waals surface area contributed by atoms with Gasteiger partial charge in [-0.05, 0) is 25.3 Å². The number of carbonyl (C=O) groups excluding carboxylic acids is 2. The first-order valence-electron chi connectivity index (χ1n) is 25.5. The molecule has 0 radical (unpaired) electrons. The van der Waals surface area contributed by atoms with Gasteiger partial charge in [0.2, 0.25) is 0 Å². The number of nitrogens with zero attached hydrogens (tertiary/aromatic N) is 3. The van der Waals surface area contributed by atoms with Crippen LogP contribution < -0.4 is 5.73 Å². The number of para-hydroxylation sites is 1. The molecule has 3 aromatic rings. The van der Waals surface area contributed by atoms with E-state index in [1.54, 1.807) is 0 Å². The molecule has 2 atom stereocenters. The van der Waals surface area contributed by atoms with E-state index in [9.17, 15) is 19.0 Å². The first-order chi connectivity index (χ1) is 30.7. The molecule has 0 saturated carbocycles. The first-order valence-corrected chi connectivity index (χ1v) is 27.3. The fourth-order valence-electron chi connectivity index (χ4n) is 8.36. The van der Waals surface area contributed by atoms with Crippen LogP contribution in [0.3, 0.4) is 0 Å². The third kappa shape index (κ3) is 23.1. The standard InChI is InChI=1S/C51H87N4O7P/c1-4-7-10-12-14-16-18-20-22-24-26-28-30-37-47(56)60-41-43(62-48(57)38-31-29-27-25-23-21-19-17-15-13-11-8-5-2)42-61-63(58,59)40-39-55-46(36-9-6-3)54-49-50(55)44-34-32-33-35-45(44)53-51(49)52/h32-35,43H,4-31,36-42H2,1-3H3,(H2,52,53)(H,58,59). The summed E-state index contributed by atoms with van der Waals surface area (Å²) in [5, 5.41) is 0.863. The van der Waals surface area contributed by atoms with Crippen LogP contribution in [-0.2, 0) is 41.1 Å². The smallest absolute Gasteiger partial charge is 0.330 e. The zero-order valence-corrected chi connectivity index (χ0v) is 40.8. The summed E-state index contributed by atoms with van der Waals surface area (Å²) < 4.78 is 32.5. The van der Waals surface area contributed by atoms with Crippen LogP contribution in [0.5, 0.6) is 0 Å². The van der Waals surface area contributed by atoms with Crippen molar-refractivity contribution in [3.8, 4) is 0 Å². The van der Waals surface area contributed by atoms with Crippen LogP contribution in [-0.4, -0.2) is 56.8 Å². The molecule has 2 unspecified atom stereocenters. The number of anilines is 1. The molecule has 3 rings (SSSR count). The van der Waals surface area contributed by atoms with E-state index in [2.05, 4.69) is 25.8 Å². The average molecular weight is 899 g/mol. The largest absolute Gasteiger partial charge is 0.462 e. The highest BCUT2D eigenvalue weighted by Crippen LogP contribution is 2.43. The molecule has 0 spiro atoms. The molecule has 358 valence electrons. The van der Waals surface area contributed by atoms with Crippen molar-refractivity contribution in [1.82, 2.24) is 14.5 Å². The number of aromatic nitrogens is 3. The summed E-state index contributed by atoms with van der Waals surface area (Å²) in [6, 6.07) is 7.67. The SMILES string of the molecule is CCCCCCCCCCCCCCCC(=O)OCC(COP(=O)(O)CCn1c(CCCC)nc2c(N)nc3ccccc3c21)OC(=O)CCCCCCCCCCCCCCC. The van der Waals surface area contributed by atoms with E-state index in [1.165, 1.54) is 122 Å². The molecule has 1 aromatic carbocycles. The number of fused-ring (bicyclic) bond motifs is 3. The summed E-state index contributed by atoms with van der Waals surface area (Å²) in [6.07, 6.45) is 33.4. The van der Waals surface area contributed by atoms with Gasteiger partial charge in [0, 0.05) is 31.2 Å². The van der Waals surface area contributed by atoms with Crippen LogP contribution in [0, 0.1) is 0 Å². The normalized spacial score (nSPS) is 13.1. The van der Waals surface area contributed by atoms with Crippen molar-refractivity contribution in [3.63, 3.8) is 0 Å². The van der Waals surface area contributed by atoms with Crippen LogP contribution in [0.15, 0.2) is 24.3 Å². The molecule has 0 saturated heterocycles. The van der Waals surface area contributed by atoms with E-state index in [-0.39, 0.29) is 44.7 Å². The Morgan fingerprint density at radius 2 is 1.13 bits per heavy atom. The molecule has 0 bridgehead atoms. The van der Waals surface area contributed by atoms with Crippen LogP contribution in [0.25, 0.3) is 21.9 Å². The molecule has 0 aliphatic rings. The van der Waals surface area contributed by atoms with Gasteiger partial charge >= 0.3 is 19.5 Å². The van der Waals surface area contributed by atoms with Crippen molar-refractivity contribution in [2.24, 2.45) is 0 Å². The lowest BCUT2D eigenvalue weighted by Crippen LogP contribution is -2.29. The summed E-state index contributed by atoms with van der Waals surface area (Å²) in [5.74, 6) is 0.300. The van der Waals surface area contributed by atoms with Gasteiger partial charge in [-0.3, -0.25) is 14.2 Å². The molecule has 2 heterocycles. The highest BCUT2D eigenvalue weighted by atomic mass is 31.2. The number of benzene rings is 1. The lowest BCUT2D eigenvalue weighted by molar-refractivity contribution is -0.161. The Morgan fingerprint density at radius 1 is 0.651 bits per heavy atom. The minimum atomic E-state index is -4.20. The van der Waals surface area contributed by atoms with Crippen molar-refractivity contribution in [2.45, 2.75) is 232 Å². The van der Waals surface area contributed by atoms with Gasteiger partial charge in [0.25, 0.3) is 0 Å². The predicted octanol–water partition coefficient (Wildman–Crippen LogP) is 14.1. The van der Waals surface area contributed by atoms with E-state index in [1.807, 2.05) is 28.8 Å². The molecular formula is C51H87N4O7P. The number of pyridine rings is 1. The van der Waals surface area contributed by atoms with Crippen LogP contribution in [0.1, 0.15) is 219 Å². The topological polar surface area (TPSA) is 156 Å². The van der Waals surface area contributed by atoms with Crippen LogP contribution in [0.2, 0.25) is 0 Å². The number of carbonyl (C=O) groups is 2. The Balaban J connectivity index is 1.49. The quantitative estimate of drug-likeness (QED) is 0.0320. The number of imidazole rings is 1. The van der Waals surface area contributed by atoms with E-state index in [0.29, 0.717) is 24.2 Å². The molecule has 63 heavy (non-hydrogen) atoms. The highest BCUT2D eigenvalue weighted by Gasteiger charge is 2.27. The molecular weight excluding hydrogens is 812 g/mol. The van der Waals surface area contributed by atoms with Gasteiger partial charge in [-0.1, -0.05) is 199 Å². The van der Waals surface area contributed by atoms with Gasteiger partial charge in [-0.2, -0.15) is 0 Å². The number of esters is 2. The monoisotopic (exact) mass is 899 g/mol. The molecule has 12 heteroatoms. The maximum absolute atomic E-state index is 13.6. The zero-order valence-electron chi connectivity index (χ0n) is 39.9. The first kappa shape index (κ1) is 54.3. The van der Waals surface area contributed by atoms with Crippen LogP contribution >= 0.6 is 7.60 Å². The summed E-state index contributed by atoms with van der Waals surface area (Å²) in [5.41, 5.74) is 8.43. The Kier molecular flexibility index (Phi) is 28.9. The number of nitrogen functional groups attached to an aromatic ring is 1. The fraction of sp³-hybridized carbons (Fsp3) is 0.765. The van der Waals surface area contributed by atoms with Crippen molar-refractivity contribution in [2.75, 3.05) is 25.1 Å². The number of aryl methyl sites for hydroxylation is 2. The summed E-state index contributed by atoms with van der Waals surface area (Å²) in [6.45, 7) is 6.18. The van der Waals surface area contributed by atoms with Gasteiger partial charge < -0.3 is 29.2 Å². The maximum atomic E-state index is 13.6. The van der Waals surface area contributed by atoms with E-state index in [4.69, 9.17) is 24.7 Å². The Hall–Kier alpha value is -3.01. The van der Waals surface area contributed by atoms with Crippen molar-refractivity contribution < 1.29 is 33.0 Å². The number of hydrogen-bond donors (Lipinski definition) is 2. The number of unbranched alkanes of at least 4 members (excludes halogenated alkanes) is 25. The second kappa shape index (κ2) is 33.5. The lowest BCUT2D eigenvalue weighted by Gasteiger charge is -2.21. The van der Waals surface area contributed by atoms with Gasteiger partial charge in [0.1, 0.15) is 17.9 Å². The molecule has 0 aliphatic heterocycles. The highest BCUT2D eigenvalue weighted by molar-refractivity contribution is 7.52. The van der Waals surface area contributed by atoms with E-state index >= 15 is 0 Å². The van der Waals surface area contributed by atoms with Gasteiger partial charge in [-0.15, -0.1) is 0 Å². The molecule has 3 N–H and O–H groups in total. The number of hydrogen-bond acceptors (Lipinski definition) is 9. The van der Waals surface area contributed by atoms with Crippen molar-refractivity contribution in [3.05, 3.63) is 30.1 Å². The molecule has 0 fully saturated rings. The maximum Gasteiger partial charge on any atom is 0.330 e. The van der Waals surface area contributed by atoms with Crippen molar-refractivity contribution >= 4 is 47.3 Å². The Bertz CT molecular complexity index is 1730. The minimum absolute atomic E-state index is 0.161. The lowest BCUT2D eigenvalue weighted by atomic mass is 10.0. The number of rotatable bonds is 40. The summed E-state index contributed by atoms with van der Waals surface area (Å²) in [4.78, 5) is 46.3. The number of ether oxygens (including phenoxy) is 2. The van der Waals surface area contributed by atoms with Gasteiger partial charge in [0.05, 0.1) is 23.8 Å². The molecule has 0 aliphatic carbocycles. The molecule has 11 nitrogen and oxygen atoms in total. The average Bonchev–Trinajstić information content (AvgIpc) is 3.65. The summed E-state index contributed by atoms with van der Waals surface area (Å²) in [7, 11) is -4.20. The Labute approximate surface area is 381 Å². The predicted molar refractivity (Wildman–Crippen MR) is 260 cm³/mol. The Morgan fingerprint density at radius 3 is 1.65 bits per heavy atom. The molecule has 2 aromatic heterocycles. The number of nitrogens with two attached hydrogens (primary N) is 1. The third-order valence-corrected chi connectivity index (χ3v) is 13.5. The van der Waals surface area contributed by atoms with Crippen molar-refractivity contribution in [1.29, 1.82) is 0 Å². The van der Waals surface area contributed by atoms with Gasteiger partial charge in [0.15, 0.2) is 11.9 Å². The van der Waals surface area contributed by atoms with E-state index < -0.39 is 19.7 Å².